The molecule has 7 nitrogen and oxygen atoms in total. The zero-order valence-corrected chi connectivity index (χ0v) is 15.2. The lowest BCUT2D eigenvalue weighted by Crippen LogP contribution is -2.50. The summed E-state index contributed by atoms with van der Waals surface area (Å²) >= 11 is 3.38. The summed E-state index contributed by atoms with van der Waals surface area (Å²) in [6, 6.07) is 3.22. The maximum atomic E-state index is 14.5. The normalized spacial score (nSPS) is 25.9. The van der Waals surface area contributed by atoms with Crippen LogP contribution in [0, 0.1) is 0 Å². The second-order valence-electron chi connectivity index (χ2n) is 6.23. The van der Waals surface area contributed by atoms with Crippen LogP contribution in [0.2, 0.25) is 0 Å². The molecule has 1 N–H and O–H groups in total. The average Bonchev–Trinajstić information content (AvgIpc) is 3.35. The fourth-order valence-corrected chi connectivity index (χ4v) is 5.23. The molecule has 3 heterocycles. The van der Waals surface area contributed by atoms with Gasteiger partial charge in [-0.15, -0.1) is 5.10 Å². The lowest BCUT2D eigenvalue weighted by molar-refractivity contribution is 0.185. The Labute approximate surface area is 147 Å². The number of alkyl halides is 1. The fraction of sp³-hybridized carbons (Fsp3) is 0.571. The first-order chi connectivity index (χ1) is 11.4. The van der Waals surface area contributed by atoms with E-state index in [9.17, 15) is 12.8 Å². The Hall–Kier alpha value is -1.26. The molecule has 10 heteroatoms. The molecule has 0 spiro atoms. The van der Waals surface area contributed by atoms with Gasteiger partial charge in [0.15, 0.2) is 0 Å². The van der Waals surface area contributed by atoms with Crippen LogP contribution in [0.5, 0.6) is 0 Å². The second-order valence-corrected chi connectivity index (χ2v) is 9.26. The summed E-state index contributed by atoms with van der Waals surface area (Å²) in [6.07, 6.45) is 2.13. The monoisotopic (exact) mass is 417 g/mol. The number of rotatable bonds is 4. The van der Waals surface area contributed by atoms with Crippen molar-refractivity contribution in [3.05, 3.63) is 22.9 Å². The number of hydrogen-bond donors (Lipinski definition) is 1. The van der Waals surface area contributed by atoms with Gasteiger partial charge < -0.3 is 5.32 Å². The predicted molar refractivity (Wildman–Crippen MR) is 91.1 cm³/mol. The highest BCUT2D eigenvalue weighted by Gasteiger charge is 2.43. The van der Waals surface area contributed by atoms with Crippen LogP contribution in [0.25, 0.3) is 5.52 Å². The zero-order chi connectivity index (χ0) is 16.9. The Morgan fingerprint density at radius 3 is 2.79 bits per heavy atom. The molecule has 2 aromatic rings. The summed E-state index contributed by atoms with van der Waals surface area (Å²) in [7, 11) is -3.32. The van der Waals surface area contributed by atoms with Crippen LogP contribution in [0.1, 0.15) is 19.3 Å². The number of hydrogen-bond acceptors (Lipinski definition) is 5. The van der Waals surface area contributed by atoms with Crippen molar-refractivity contribution >= 4 is 37.4 Å². The van der Waals surface area contributed by atoms with Gasteiger partial charge in [0, 0.05) is 13.1 Å². The first-order valence-electron chi connectivity index (χ1n) is 7.85. The van der Waals surface area contributed by atoms with Crippen molar-refractivity contribution in [3.8, 4) is 0 Å². The summed E-state index contributed by atoms with van der Waals surface area (Å²) in [4.78, 5) is 4.19. The molecule has 2 atom stereocenters. The Kier molecular flexibility index (Phi) is 4.00. The van der Waals surface area contributed by atoms with Crippen LogP contribution in [-0.2, 0) is 10.0 Å². The van der Waals surface area contributed by atoms with Crippen molar-refractivity contribution in [2.45, 2.75) is 36.7 Å². The largest absolute Gasteiger partial charge is 0.347 e. The van der Waals surface area contributed by atoms with Gasteiger partial charge in [-0.3, -0.25) is 0 Å². The number of aromatic nitrogens is 3. The van der Waals surface area contributed by atoms with Crippen LogP contribution in [-0.4, -0.2) is 57.9 Å². The third kappa shape index (κ3) is 2.91. The molecule has 1 aliphatic heterocycles. The summed E-state index contributed by atoms with van der Waals surface area (Å²) in [6.45, 7) is 0.221. The van der Waals surface area contributed by atoms with Crippen molar-refractivity contribution in [2.24, 2.45) is 0 Å². The highest BCUT2D eigenvalue weighted by atomic mass is 79.9. The van der Waals surface area contributed by atoms with Crippen molar-refractivity contribution in [2.75, 3.05) is 18.4 Å². The van der Waals surface area contributed by atoms with E-state index in [1.807, 2.05) is 12.1 Å². The number of nitrogens with one attached hydrogen (secondary N) is 1. The Balaban J connectivity index is 1.46. The van der Waals surface area contributed by atoms with E-state index >= 15 is 0 Å². The minimum absolute atomic E-state index is 0.105. The van der Waals surface area contributed by atoms with E-state index in [0.29, 0.717) is 31.8 Å². The van der Waals surface area contributed by atoms with Gasteiger partial charge >= 0.3 is 0 Å². The molecule has 2 fully saturated rings. The number of halogens is 2. The smallest absolute Gasteiger partial charge is 0.241 e. The number of fused-ring (bicyclic) bond motifs is 1. The third-order valence-electron chi connectivity index (χ3n) is 4.48. The maximum Gasteiger partial charge on any atom is 0.241 e. The molecule has 130 valence electrons. The molecule has 0 amide bonds. The van der Waals surface area contributed by atoms with Crippen molar-refractivity contribution in [1.29, 1.82) is 0 Å². The predicted octanol–water partition coefficient (Wildman–Crippen LogP) is 1.81. The summed E-state index contributed by atoms with van der Waals surface area (Å²) in [5, 5.41) is 7.01. The van der Waals surface area contributed by atoms with Crippen molar-refractivity contribution in [1.82, 2.24) is 18.9 Å². The summed E-state index contributed by atoms with van der Waals surface area (Å²) in [5.41, 5.74) is 0.828. The molecule has 1 saturated heterocycles. The van der Waals surface area contributed by atoms with Crippen LogP contribution in [0.15, 0.2) is 22.9 Å². The van der Waals surface area contributed by atoms with Gasteiger partial charge in [0.05, 0.1) is 23.0 Å². The summed E-state index contributed by atoms with van der Waals surface area (Å²) in [5.74, 6) is 0.325. The lowest BCUT2D eigenvalue weighted by Gasteiger charge is -2.34. The first kappa shape index (κ1) is 16.2. The average molecular weight is 418 g/mol. The Morgan fingerprint density at radius 2 is 2.08 bits per heavy atom. The van der Waals surface area contributed by atoms with Gasteiger partial charge in [-0.2, -0.15) is 4.31 Å². The Morgan fingerprint density at radius 1 is 1.29 bits per heavy atom. The maximum absolute atomic E-state index is 14.5. The second kappa shape index (κ2) is 5.92. The van der Waals surface area contributed by atoms with Gasteiger partial charge in [-0.05, 0) is 47.3 Å². The van der Waals surface area contributed by atoms with Crippen LogP contribution in [0.3, 0.4) is 0 Å². The van der Waals surface area contributed by atoms with E-state index in [1.54, 1.807) is 10.7 Å². The fourth-order valence-electron chi connectivity index (χ4n) is 2.95. The topological polar surface area (TPSA) is 79.6 Å². The van der Waals surface area contributed by atoms with E-state index in [1.165, 1.54) is 4.31 Å². The molecule has 0 bridgehead atoms. The van der Waals surface area contributed by atoms with Gasteiger partial charge in [0.2, 0.25) is 16.0 Å². The van der Waals surface area contributed by atoms with E-state index in [-0.39, 0.29) is 11.8 Å². The lowest BCUT2D eigenvalue weighted by atomic mass is 10.1. The molecule has 4 rings (SSSR count). The highest BCUT2D eigenvalue weighted by molar-refractivity contribution is 9.10. The summed E-state index contributed by atoms with van der Waals surface area (Å²) < 4.78 is 42.7. The third-order valence-corrected chi connectivity index (χ3v) is 7.44. The van der Waals surface area contributed by atoms with E-state index < -0.39 is 22.2 Å². The molecular weight excluding hydrogens is 401 g/mol. The van der Waals surface area contributed by atoms with E-state index in [4.69, 9.17) is 0 Å². The molecule has 1 saturated carbocycles. The van der Waals surface area contributed by atoms with Crippen molar-refractivity contribution in [3.63, 3.8) is 0 Å². The quantitative estimate of drug-likeness (QED) is 0.820. The Bertz CT molecular complexity index is 869. The van der Waals surface area contributed by atoms with Gasteiger partial charge in [-0.1, -0.05) is 0 Å². The minimum atomic E-state index is -3.32. The van der Waals surface area contributed by atoms with Crippen molar-refractivity contribution < 1.29 is 12.8 Å². The highest BCUT2D eigenvalue weighted by Crippen LogP contribution is 2.33. The molecule has 2 aromatic heterocycles. The molecule has 24 heavy (non-hydrogen) atoms. The molecule has 2 aliphatic rings. The molecule has 0 aromatic carbocycles. The molecule has 0 unspecified atom stereocenters. The standard InChI is InChI=1S/C14H17BrFN5O2S/c15-13-4-1-9-7-17-14(19-21(9)13)18-12-5-6-20(8-11(12)16)24(22,23)10-2-3-10/h1,4,7,10-12H,2-3,5-6,8H2,(H,18,19)/t11-,12-/m1/s1. The van der Waals surface area contributed by atoms with Crippen LogP contribution in [0.4, 0.5) is 10.3 Å². The number of sulfonamides is 1. The van der Waals surface area contributed by atoms with Crippen LogP contribution < -0.4 is 5.32 Å². The first-order valence-corrected chi connectivity index (χ1v) is 10.1. The van der Waals surface area contributed by atoms with E-state index in [0.717, 1.165) is 10.1 Å². The van der Waals surface area contributed by atoms with E-state index in [2.05, 4.69) is 31.3 Å². The van der Waals surface area contributed by atoms with Gasteiger partial charge in [0.1, 0.15) is 10.8 Å². The van der Waals surface area contributed by atoms with Gasteiger partial charge in [0.25, 0.3) is 0 Å². The zero-order valence-electron chi connectivity index (χ0n) is 12.8. The SMILES string of the molecule is O=S(=O)(C1CC1)N1CC[C@@H](Nc2ncc3ccc(Br)n3n2)[C@H](F)C1. The minimum Gasteiger partial charge on any atom is -0.347 e. The van der Waals surface area contributed by atoms with Crippen LogP contribution >= 0.6 is 15.9 Å². The molecule has 0 radical (unpaired) electrons. The number of nitrogens with zero attached hydrogens (tertiary/aromatic N) is 4. The number of piperidine rings is 1. The molecule has 1 aliphatic carbocycles. The van der Waals surface area contributed by atoms with Gasteiger partial charge in [-0.25, -0.2) is 22.3 Å². The molecular formula is C14H17BrFN5O2S. The number of anilines is 1.